The SMILES string of the molecule is CC[C@H](C)c1ccc(OCC(=O)Nc2cc(OC)c(OC)cc2C(=O)O)cc1. The summed E-state index contributed by atoms with van der Waals surface area (Å²) in [5.41, 5.74) is 1.20. The van der Waals surface area contributed by atoms with Gasteiger partial charge in [0.05, 0.1) is 25.5 Å². The van der Waals surface area contributed by atoms with Crippen LogP contribution in [0.4, 0.5) is 5.69 Å². The third kappa shape index (κ3) is 5.16. The lowest BCUT2D eigenvalue weighted by atomic mass is 9.99. The Morgan fingerprint density at radius 2 is 1.68 bits per heavy atom. The van der Waals surface area contributed by atoms with Crippen LogP contribution in [-0.2, 0) is 4.79 Å². The Kier molecular flexibility index (Phi) is 7.26. The lowest BCUT2D eigenvalue weighted by Crippen LogP contribution is -2.21. The topological polar surface area (TPSA) is 94.1 Å². The van der Waals surface area contributed by atoms with Crippen LogP contribution in [0.2, 0.25) is 0 Å². The Hall–Kier alpha value is -3.22. The quantitative estimate of drug-likeness (QED) is 0.677. The second kappa shape index (κ2) is 9.64. The highest BCUT2D eigenvalue weighted by molar-refractivity contribution is 6.01. The molecule has 1 amide bonds. The van der Waals surface area contributed by atoms with Crippen LogP contribution in [-0.4, -0.2) is 37.8 Å². The first-order chi connectivity index (χ1) is 13.4. The second-order valence-corrected chi connectivity index (χ2v) is 6.27. The highest BCUT2D eigenvalue weighted by atomic mass is 16.5. The molecule has 0 saturated carbocycles. The van der Waals surface area contributed by atoms with E-state index >= 15 is 0 Å². The number of benzene rings is 2. The van der Waals surface area contributed by atoms with Crippen LogP contribution in [0.3, 0.4) is 0 Å². The van der Waals surface area contributed by atoms with Gasteiger partial charge in [0.25, 0.3) is 5.91 Å². The minimum absolute atomic E-state index is 0.103. The highest BCUT2D eigenvalue weighted by Gasteiger charge is 2.18. The van der Waals surface area contributed by atoms with Gasteiger partial charge in [0.2, 0.25) is 0 Å². The Balaban J connectivity index is 2.07. The van der Waals surface area contributed by atoms with Gasteiger partial charge in [0.1, 0.15) is 5.75 Å². The number of nitrogens with one attached hydrogen (secondary N) is 1. The zero-order chi connectivity index (χ0) is 20.7. The molecule has 0 heterocycles. The Morgan fingerprint density at radius 1 is 1.07 bits per heavy atom. The molecule has 2 N–H and O–H groups in total. The summed E-state index contributed by atoms with van der Waals surface area (Å²) in [5, 5.41) is 11.9. The molecule has 0 aliphatic carbocycles. The molecule has 0 spiro atoms. The molecule has 28 heavy (non-hydrogen) atoms. The number of hydrogen-bond donors (Lipinski definition) is 2. The molecule has 2 aromatic carbocycles. The van der Waals surface area contributed by atoms with E-state index in [0.717, 1.165) is 6.42 Å². The van der Waals surface area contributed by atoms with Gasteiger partial charge in [-0.25, -0.2) is 4.79 Å². The van der Waals surface area contributed by atoms with E-state index in [1.54, 1.807) is 0 Å². The predicted molar refractivity (Wildman–Crippen MR) is 106 cm³/mol. The third-order valence-corrected chi connectivity index (χ3v) is 4.46. The Labute approximate surface area is 164 Å². The van der Waals surface area contributed by atoms with Crippen molar-refractivity contribution < 1.29 is 28.9 Å². The van der Waals surface area contributed by atoms with Gasteiger partial charge < -0.3 is 24.6 Å². The van der Waals surface area contributed by atoms with Gasteiger partial charge in [-0.05, 0) is 30.0 Å². The molecular formula is C21H25NO6. The van der Waals surface area contributed by atoms with Gasteiger partial charge in [-0.1, -0.05) is 26.0 Å². The van der Waals surface area contributed by atoms with Crippen LogP contribution >= 0.6 is 0 Å². The molecule has 0 bridgehead atoms. The number of rotatable bonds is 9. The van der Waals surface area contributed by atoms with E-state index in [1.165, 1.54) is 31.9 Å². The number of aromatic carboxylic acids is 1. The molecule has 0 unspecified atom stereocenters. The van der Waals surface area contributed by atoms with Crippen molar-refractivity contribution in [2.75, 3.05) is 26.1 Å². The van der Waals surface area contributed by atoms with Crippen LogP contribution in [0.1, 0.15) is 42.1 Å². The maximum Gasteiger partial charge on any atom is 0.337 e. The van der Waals surface area contributed by atoms with Crippen molar-refractivity contribution in [3.05, 3.63) is 47.5 Å². The first kappa shape index (κ1) is 21.1. The Morgan fingerprint density at radius 3 is 2.21 bits per heavy atom. The molecule has 0 aliphatic heterocycles. The second-order valence-electron chi connectivity index (χ2n) is 6.27. The standard InChI is InChI=1S/C21H25NO6/c1-5-13(2)14-6-8-15(9-7-14)28-12-20(23)22-17-11-19(27-4)18(26-3)10-16(17)21(24)25/h6-11,13H,5,12H2,1-4H3,(H,22,23)(H,24,25)/t13-/m0/s1. The molecule has 2 aromatic rings. The van der Waals surface area contributed by atoms with Crippen molar-refractivity contribution in [3.8, 4) is 17.2 Å². The Bertz CT molecular complexity index is 832. The zero-order valence-corrected chi connectivity index (χ0v) is 16.4. The van der Waals surface area contributed by atoms with Crippen molar-refractivity contribution in [2.24, 2.45) is 0 Å². The largest absolute Gasteiger partial charge is 0.493 e. The van der Waals surface area contributed by atoms with Gasteiger partial charge in [0, 0.05) is 12.1 Å². The van der Waals surface area contributed by atoms with Gasteiger partial charge in [-0.3, -0.25) is 4.79 Å². The maximum atomic E-state index is 12.2. The number of amides is 1. The number of hydrogen-bond acceptors (Lipinski definition) is 5. The molecule has 0 fully saturated rings. The normalized spacial score (nSPS) is 11.4. The van der Waals surface area contributed by atoms with Crippen molar-refractivity contribution in [2.45, 2.75) is 26.2 Å². The fourth-order valence-electron chi connectivity index (χ4n) is 2.62. The maximum absolute atomic E-state index is 12.2. The first-order valence-corrected chi connectivity index (χ1v) is 8.91. The average Bonchev–Trinajstić information content (AvgIpc) is 2.71. The number of carboxylic acid groups (broad SMARTS) is 1. The van der Waals surface area contributed by atoms with E-state index in [4.69, 9.17) is 14.2 Å². The van der Waals surface area contributed by atoms with Crippen LogP contribution < -0.4 is 19.5 Å². The molecule has 0 saturated heterocycles. The number of ether oxygens (including phenoxy) is 3. The fraction of sp³-hybridized carbons (Fsp3) is 0.333. The smallest absolute Gasteiger partial charge is 0.337 e. The molecule has 1 atom stereocenters. The van der Waals surface area contributed by atoms with E-state index in [9.17, 15) is 14.7 Å². The van der Waals surface area contributed by atoms with E-state index in [0.29, 0.717) is 17.4 Å². The summed E-state index contributed by atoms with van der Waals surface area (Å²) in [7, 11) is 2.83. The summed E-state index contributed by atoms with van der Waals surface area (Å²) in [6.07, 6.45) is 1.04. The van der Waals surface area contributed by atoms with Gasteiger partial charge in [-0.15, -0.1) is 0 Å². The highest BCUT2D eigenvalue weighted by Crippen LogP contribution is 2.33. The van der Waals surface area contributed by atoms with Crippen LogP contribution in [0.25, 0.3) is 0 Å². The molecule has 0 radical (unpaired) electrons. The summed E-state index contributed by atoms with van der Waals surface area (Å²) >= 11 is 0. The van der Waals surface area contributed by atoms with Crippen LogP contribution in [0, 0.1) is 0 Å². The minimum Gasteiger partial charge on any atom is -0.493 e. The van der Waals surface area contributed by atoms with E-state index in [1.807, 2.05) is 24.3 Å². The third-order valence-electron chi connectivity index (χ3n) is 4.46. The summed E-state index contributed by atoms with van der Waals surface area (Å²) in [6, 6.07) is 10.3. The molecule has 7 nitrogen and oxygen atoms in total. The number of anilines is 1. The predicted octanol–water partition coefficient (Wildman–Crippen LogP) is 3.93. The van der Waals surface area contributed by atoms with E-state index in [2.05, 4.69) is 19.2 Å². The summed E-state index contributed by atoms with van der Waals surface area (Å²) < 4.78 is 15.8. The summed E-state index contributed by atoms with van der Waals surface area (Å²) in [4.78, 5) is 23.7. The molecule has 0 aliphatic rings. The van der Waals surface area contributed by atoms with Gasteiger partial charge in [-0.2, -0.15) is 0 Å². The number of methoxy groups -OCH3 is 2. The molecule has 7 heteroatoms. The summed E-state index contributed by atoms with van der Waals surface area (Å²) in [6.45, 7) is 4.02. The van der Waals surface area contributed by atoms with E-state index < -0.39 is 11.9 Å². The molecular weight excluding hydrogens is 362 g/mol. The fourth-order valence-corrected chi connectivity index (χ4v) is 2.62. The van der Waals surface area contributed by atoms with Crippen molar-refractivity contribution in [1.82, 2.24) is 0 Å². The minimum atomic E-state index is -1.20. The van der Waals surface area contributed by atoms with Crippen molar-refractivity contribution in [1.29, 1.82) is 0 Å². The molecule has 0 aromatic heterocycles. The number of carbonyl (C=O) groups is 2. The van der Waals surface area contributed by atoms with E-state index in [-0.39, 0.29) is 23.6 Å². The summed E-state index contributed by atoms with van der Waals surface area (Å²) in [5.74, 6) is -0.0942. The monoisotopic (exact) mass is 387 g/mol. The van der Waals surface area contributed by atoms with Crippen molar-refractivity contribution in [3.63, 3.8) is 0 Å². The van der Waals surface area contributed by atoms with Gasteiger partial charge in [0.15, 0.2) is 18.1 Å². The number of carbonyl (C=O) groups excluding carboxylic acids is 1. The lowest BCUT2D eigenvalue weighted by molar-refractivity contribution is -0.118. The molecule has 150 valence electrons. The first-order valence-electron chi connectivity index (χ1n) is 8.91. The lowest BCUT2D eigenvalue weighted by Gasteiger charge is -2.14. The van der Waals surface area contributed by atoms with Crippen LogP contribution in [0.15, 0.2) is 36.4 Å². The zero-order valence-electron chi connectivity index (χ0n) is 16.4. The van der Waals surface area contributed by atoms with Crippen molar-refractivity contribution >= 4 is 17.6 Å². The number of carboxylic acids is 1. The van der Waals surface area contributed by atoms with Crippen LogP contribution in [0.5, 0.6) is 17.2 Å². The van der Waals surface area contributed by atoms with Gasteiger partial charge >= 0.3 is 5.97 Å². The molecule has 2 rings (SSSR count). The average molecular weight is 387 g/mol.